The standard InChI is InChI=1S/C21H28N4O3/c26-19-7-6-18(20(27)24-19)25-13-16-9-14(4-5-17(16)21(25)28)10-23-12-15-3-1-2-8-22-11-15/h4-5,9,15,18,22-23H,1-3,6-8,10-13H2,(H,24,26,27). The summed E-state index contributed by atoms with van der Waals surface area (Å²) in [6.45, 7) is 4.40. The molecule has 3 aliphatic heterocycles. The number of nitrogens with one attached hydrogen (secondary N) is 3. The number of piperidine rings is 1. The summed E-state index contributed by atoms with van der Waals surface area (Å²) in [5.74, 6) is -0.0750. The molecule has 2 saturated heterocycles. The van der Waals surface area contributed by atoms with E-state index in [-0.39, 0.29) is 24.1 Å². The second-order valence-electron chi connectivity index (χ2n) is 8.09. The molecule has 0 spiro atoms. The molecule has 3 amide bonds. The Morgan fingerprint density at radius 2 is 2.04 bits per heavy atom. The van der Waals surface area contributed by atoms with Gasteiger partial charge >= 0.3 is 0 Å². The van der Waals surface area contributed by atoms with Gasteiger partial charge in [-0.05, 0) is 62.0 Å². The lowest BCUT2D eigenvalue weighted by Crippen LogP contribution is -2.52. The molecule has 4 rings (SSSR count). The van der Waals surface area contributed by atoms with Crippen LogP contribution < -0.4 is 16.0 Å². The Morgan fingerprint density at radius 1 is 1.14 bits per heavy atom. The van der Waals surface area contributed by atoms with Crippen molar-refractivity contribution in [3.8, 4) is 0 Å². The maximum absolute atomic E-state index is 12.7. The third kappa shape index (κ3) is 4.10. The van der Waals surface area contributed by atoms with E-state index in [1.54, 1.807) is 4.90 Å². The fourth-order valence-electron chi connectivity index (χ4n) is 4.42. The minimum Gasteiger partial charge on any atom is -0.322 e. The number of benzene rings is 1. The van der Waals surface area contributed by atoms with Crippen LogP contribution in [-0.4, -0.2) is 48.3 Å². The molecule has 0 aliphatic carbocycles. The molecule has 1 aromatic rings. The zero-order chi connectivity index (χ0) is 19.5. The maximum Gasteiger partial charge on any atom is 0.255 e. The van der Waals surface area contributed by atoms with Gasteiger partial charge in [-0.25, -0.2) is 0 Å². The van der Waals surface area contributed by atoms with Crippen molar-refractivity contribution in [3.63, 3.8) is 0 Å². The summed E-state index contributed by atoms with van der Waals surface area (Å²) in [7, 11) is 0. The smallest absolute Gasteiger partial charge is 0.255 e. The molecule has 1 aromatic carbocycles. The molecular formula is C21H28N4O3. The quantitative estimate of drug-likeness (QED) is 0.657. The summed E-state index contributed by atoms with van der Waals surface area (Å²) in [6.07, 6.45) is 4.49. The van der Waals surface area contributed by atoms with E-state index in [4.69, 9.17) is 0 Å². The molecule has 28 heavy (non-hydrogen) atoms. The van der Waals surface area contributed by atoms with Crippen molar-refractivity contribution in [1.82, 2.24) is 20.9 Å². The lowest BCUT2D eigenvalue weighted by Gasteiger charge is -2.29. The first-order valence-corrected chi connectivity index (χ1v) is 10.3. The number of hydrogen-bond acceptors (Lipinski definition) is 5. The Bertz CT molecular complexity index is 771. The van der Waals surface area contributed by atoms with Crippen LogP contribution in [0.25, 0.3) is 0 Å². The van der Waals surface area contributed by atoms with Gasteiger partial charge in [0.25, 0.3) is 5.91 Å². The van der Waals surface area contributed by atoms with Gasteiger partial charge in [0.2, 0.25) is 11.8 Å². The summed E-state index contributed by atoms with van der Waals surface area (Å²) in [6, 6.07) is 5.37. The number of rotatable bonds is 5. The van der Waals surface area contributed by atoms with Gasteiger partial charge in [-0.2, -0.15) is 0 Å². The van der Waals surface area contributed by atoms with E-state index in [0.717, 1.165) is 37.3 Å². The number of nitrogens with zero attached hydrogens (tertiary/aromatic N) is 1. The Hall–Kier alpha value is -2.25. The molecular weight excluding hydrogens is 356 g/mol. The Kier molecular flexibility index (Phi) is 5.73. The lowest BCUT2D eigenvalue weighted by atomic mass is 10.0. The van der Waals surface area contributed by atoms with Crippen molar-refractivity contribution < 1.29 is 14.4 Å². The van der Waals surface area contributed by atoms with Crippen molar-refractivity contribution in [2.45, 2.75) is 51.2 Å². The molecule has 3 aliphatic rings. The van der Waals surface area contributed by atoms with Crippen LogP contribution >= 0.6 is 0 Å². The monoisotopic (exact) mass is 384 g/mol. The first-order valence-electron chi connectivity index (χ1n) is 10.3. The van der Waals surface area contributed by atoms with E-state index in [1.807, 2.05) is 12.1 Å². The zero-order valence-electron chi connectivity index (χ0n) is 16.1. The van der Waals surface area contributed by atoms with Gasteiger partial charge in [0.1, 0.15) is 6.04 Å². The van der Waals surface area contributed by atoms with E-state index < -0.39 is 6.04 Å². The van der Waals surface area contributed by atoms with E-state index in [2.05, 4.69) is 22.0 Å². The summed E-state index contributed by atoms with van der Waals surface area (Å²) < 4.78 is 0. The zero-order valence-corrected chi connectivity index (χ0v) is 16.1. The fourth-order valence-corrected chi connectivity index (χ4v) is 4.42. The van der Waals surface area contributed by atoms with Gasteiger partial charge in [-0.15, -0.1) is 0 Å². The molecule has 7 heteroatoms. The van der Waals surface area contributed by atoms with Crippen molar-refractivity contribution in [3.05, 3.63) is 34.9 Å². The van der Waals surface area contributed by atoms with Crippen LogP contribution in [0.2, 0.25) is 0 Å². The van der Waals surface area contributed by atoms with Crippen molar-refractivity contribution in [2.24, 2.45) is 5.92 Å². The lowest BCUT2D eigenvalue weighted by molar-refractivity contribution is -0.136. The van der Waals surface area contributed by atoms with E-state index >= 15 is 0 Å². The van der Waals surface area contributed by atoms with Crippen LogP contribution in [0.5, 0.6) is 0 Å². The van der Waals surface area contributed by atoms with Gasteiger partial charge in [0.15, 0.2) is 0 Å². The predicted molar refractivity (Wildman–Crippen MR) is 104 cm³/mol. The molecule has 0 radical (unpaired) electrons. The average molecular weight is 384 g/mol. The second-order valence-corrected chi connectivity index (χ2v) is 8.09. The largest absolute Gasteiger partial charge is 0.322 e. The highest BCUT2D eigenvalue weighted by atomic mass is 16.2. The van der Waals surface area contributed by atoms with E-state index in [1.165, 1.54) is 19.3 Å². The first-order chi connectivity index (χ1) is 13.6. The minimum absolute atomic E-state index is 0.117. The van der Waals surface area contributed by atoms with Crippen molar-refractivity contribution >= 4 is 17.7 Å². The number of hydrogen-bond donors (Lipinski definition) is 3. The Balaban J connectivity index is 1.35. The molecule has 3 heterocycles. The minimum atomic E-state index is -0.554. The van der Waals surface area contributed by atoms with Gasteiger partial charge in [-0.1, -0.05) is 18.6 Å². The van der Waals surface area contributed by atoms with Gasteiger partial charge < -0.3 is 15.5 Å². The first kappa shape index (κ1) is 19.1. The molecule has 2 fully saturated rings. The van der Waals surface area contributed by atoms with Gasteiger partial charge in [0.05, 0.1) is 0 Å². The third-order valence-corrected chi connectivity index (χ3v) is 6.00. The summed E-state index contributed by atoms with van der Waals surface area (Å²) >= 11 is 0. The van der Waals surface area contributed by atoms with Crippen molar-refractivity contribution in [2.75, 3.05) is 19.6 Å². The average Bonchev–Trinajstić information content (AvgIpc) is 2.84. The van der Waals surface area contributed by atoms with Crippen LogP contribution in [0.3, 0.4) is 0 Å². The second kappa shape index (κ2) is 8.41. The highest BCUT2D eigenvalue weighted by Crippen LogP contribution is 2.28. The van der Waals surface area contributed by atoms with Gasteiger partial charge in [-0.3, -0.25) is 19.7 Å². The molecule has 3 N–H and O–H groups in total. The molecule has 2 unspecified atom stereocenters. The number of amides is 3. The number of carbonyl (C=O) groups is 3. The van der Waals surface area contributed by atoms with Crippen LogP contribution in [0.4, 0.5) is 0 Å². The summed E-state index contributed by atoms with van der Waals surface area (Å²) in [5.41, 5.74) is 2.78. The topological polar surface area (TPSA) is 90.5 Å². The summed E-state index contributed by atoms with van der Waals surface area (Å²) in [5, 5.41) is 9.38. The van der Waals surface area contributed by atoms with Crippen LogP contribution in [-0.2, 0) is 22.7 Å². The maximum atomic E-state index is 12.7. The molecule has 7 nitrogen and oxygen atoms in total. The van der Waals surface area contributed by atoms with Gasteiger partial charge in [0, 0.05) is 25.1 Å². The van der Waals surface area contributed by atoms with Crippen LogP contribution in [0, 0.1) is 5.92 Å². The predicted octanol–water partition coefficient (Wildman–Crippen LogP) is 0.927. The van der Waals surface area contributed by atoms with E-state index in [0.29, 0.717) is 24.4 Å². The van der Waals surface area contributed by atoms with Crippen LogP contribution in [0.1, 0.15) is 53.6 Å². The Labute approximate surface area is 165 Å². The van der Waals surface area contributed by atoms with Crippen molar-refractivity contribution in [1.29, 1.82) is 0 Å². The fraction of sp³-hybridized carbons (Fsp3) is 0.571. The highest BCUT2D eigenvalue weighted by molar-refractivity contribution is 6.05. The molecule has 150 valence electrons. The van der Waals surface area contributed by atoms with E-state index in [9.17, 15) is 14.4 Å². The summed E-state index contributed by atoms with van der Waals surface area (Å²) in [4.78, 5) is 37.8. The normalized spacial score (nSPS) is 25.4. The molecule has 0 aromatic heterocycles. The molecule has 0 saturated carbocycles. The number of imide groups is 1. The number of fused-ring (bicyclic) bond motifs is 1. The molecule has 0 bridgehead atoms. The third-order valence-electron chi connectivity index (χ3n) is 6.00. The number of carbonyl (C=O) groups excluding carboxylic acids is 3. The molecule has 2 atom stereocenters. The Morgan fingerprint density at radius 3 is 2.89 bits per heavy atom. The van der Waals surface area contributed by atoms with Crippen LogP contribution in [0.15, 0.2) is 18.2 Å². The SMILES string of the molecule is O=C1CCC(N2Cc3cc(CNCC4CCCCNC4)ccc3C2=O)C(=O)N1. The highest BCUT2D eigenvalue weighted by Gasteiger charge is 2.38.